The van der Waals surface area contributed by atoms with E-state index in [1.165, 1.54) is 38.3 Å². The normalized spacial score (nSPS) is 11.2. The molecule has 0 aromatic heterocycles. The quantitative estimate of drug-likeness (QED) is 0.788. The first-order valence-electron chi connectivity index (χ1n) is 7.52. The number of amides is 1. The lowest BCUT2D eigenvalue weighted by Gasteiger charge is -2.12. The van der Waals surface area contributed by atoms with Gasteiger partial charge in [0.15, 0.2) is 0 Å². The van der Waals surface area contributed by atoms with Crippen molar-refractivity contribution in [3.05, 3.63) is 53.8 Å². The number of hydrogen-bond donors (Lipinski definition) is 2. The molecule has 2 N–H and O–H groups in total. The highest BCUT2D eigenvalue weighted by Gasteiger charge is 2.17. The molecule has 0 atom stereocenters. The summed E-state index contributed by atoms with van der Waals surface area (Å²) in [6, 6.07) is 10.3. The third-order valence-corrected chi connectivity index (χ3v) is 4.90. The zero-order valence-electron chi connectivity index (χ0n) is 13.9. The highest BCUT2D eigenvalue weighted by Crippen LogP contribution is 2.27. The minimum absolute atomic E-state index is 0.00742. The molecule has 8 heteroatoms. The minimum Gasteiger partial charge on any atom is -0.495 e. The smallest absolute Gasteiger partial charge is 0.240 e. The number of ether oxygens (including phenoxy) is 1. The highest BCUT2D eigenvalue weighted by atomic mass is 32.2. The van der Waals surface area contributed by atoms with Gasteiger partial charge in [0.25, 0.3) is 0 Å². The Morgan fingerprint density at radius 2 is 1.92 bits per heavy atom. The van der Waals surface area contributed by atoms with E-state index in [1.54, 1.807) is 18.2 Å². The Morgan fingerprint density at radius 3 is 2.56 bits per heavy atom. The molecule has 6 nitrogen and oxygen atoms in total. The lowest BCUT2D eigenvalue weighted by molar-refractivity contribution is -0.114. The van der Waals surface area contributed by atoms with Gasteiger partial charge in [-0.3, -0.25) is 4.79 Å². The van der Waals surface area contributed by atoms with Crippen LogP contribution in [0.25, 0.3) is 0 Å². The summed E-state index contributed by atoms with van der Waals surface area (Å²) in [5.74, 6) is -0.438. The van der Waals surface area contributed by atoms with Crippen molar-refractivity contribution in [2.45, 2.75) is 18.2 Å². The molecular weight excluding hydrogens is 347 g/mol. The monoisotopic (exact) mass is 366 g/mol. The van der Waals surface area contributed by atoms with Crippen LogP contribution in [0.4, 0.5) is 10.1 Å². The van der Waals surface area contributed by atoms with E-state index >= 15 is 0 Å². The molecule has 0 aliphatic rings. The van der Waals surface area contributed by atoms with Gasteiger partial charge in [-0.25, -0.2) is 17.5 Å². The summed E-state index contributed by atoms with van der Waals surface area (Å²) >= 11 is 0. The van der Waals surface area contributed by atoms with E-state index < -0.39 is 10.0 Å². The van der Waals surface area contributed by atoms with E-state index in [0.29, 0.717) is 11.3 Å². The summed E-state index contributed by atoms with van der Waals surface area (Å²) < 4.78 is 45.8. The molecule has 2 aromatic rings. The van der Waals surface area contributed by atoms with Crippen molar-refractivity contribution in [3.8, 4) is 5.75 Å². The van der Waals surface area contributed by atoms with Crippen LogP contribution in [0, 0.1) is 5.82 Å². The fraction of sp³-hybridized carbons (Fsp3) is 0.235. The molecule has 0 unspecified atom stereocenters. The largest absolute Gasteiger partial charge is 0.495 e. The van der Waals surface area contributed by atoms with Gasteiger partial charge in [-0.1, -0.05) is 18.2 Å². The number of sulfonamides is 1. The van der Waals surface area contributed by atoms with Crippen molar-refractivity contribution < 1.29 is 22.3 Å². The fourth-order valence-electron chi connectivity index (χ4n) is 2.24. The van der Waals surface area contributed by atoms with Crippen LogP contribution in [0.2, 0.25) is 0 Å². The van der Waals surface area contributed by atoms with Gasteiger partial charge in [0, 0.05) is 19.5 Å². The number of hydrogen-bond acceptors (Lipinski definition) is 4. The third kappa shape index (κ3) is 5.01. The van der Waals surface area contributed by atoms with Crippen LogP contribution in [0.5, 0.6) is 5.75 Å². The zero-order valence-corrected chi connectivity index (χ0v) is 14.7. The molecule has 0 heterocycles. The molecule has 25 heavy (non-hydrogen) atoms. The van der Waals surface area contributed by atoms with Gasteiger partial charge in [0.1, 0.15) is 11.6 Å². The summed E-state index contributed by atoms with van der Waals surface area (Å²) in [4.78, 5) is 11.1. The maximum atomic E-state index is 13.6. The molecule has 0 fully saturated rings. The van der Waals surface area contributed by atoms with E-state index in [1.807, 2.05) is 0 Å². The van der Waals surface area contributed by atoms with E-state index in [-0.39, 0.29) is 35.3 Å². The molecule has 1 amide bonds. The van der Waals surface area contributed by atoms with Crippen molar-refractivity contribution in [3.63, 3.8) is 0 Å². The fourth-order valence-corrected chi connectivity index (χ4v) is 3.28. The topological polar surface area (TPSA) is 84.5 Å². The second-order valence-corrected chi connectivity index (χ2v) is 7.05. The Hall–Kier alpha value is -2.45. The standard InChI is InChI=1S/C17H19FN2O4S/c1-12(21)20-16-8-7-14(11-17(16)24-2)25(22,23)19-10-9-13-5-3-4-6-15(13)18/h3-8,11,19H,9-10H2,1-2H3,(H,20,21). The summed E-state index contributed by atoms with van der Waals surface area (Å²) in [7, 11) is -2.41. The summed E-state index contributed by atoms with van der Waals surface area (Å²) in [5.41, 5.74) is 0.809. The van der Waals surface area contributed by atoms with Gasteiger partial charge < -0.3 is 10.1 Å². The highest BCUT2D eigenvalue weighted by molar-refractivity contribution is 7.89. The van der Waals surface area contributed by atoms with Crippen molar-refractivity contribution in [1.29, 1.82) is 0 Å². The summed E-state index contributed by atoms with van der Waals surface area (Å²) in [5, 5.41) is 2.55. The Labute approximate surface area is 146 Å². The molecule has 0 saturated carbocycles. The van der Waals surface area contributed by atoms with Crippen molar-refractivity contribution in [1.82, 2.24) is 4.72 Å². The maximum Gasteiger partial charge on any atom is 0.240 e. The molecule has 0 spiro atoms. The lowest BCUT2D eigenvalue weighted by atomic mass is 10.1. The first kappa shape index (κ1) is 18.9. The van der Waals surface area contributed by atoms with E-state index in [4.69, 9.17) is 4.74 Å². The number of carbonyl (C=O) groups is 1. The molecule has 2 rings (SSSR count). The van der Waals surface area contributed by atoms with Crippen LogP contribution < -0.4 is 14.8 Å². The third-order valence-electron chi connectivity index (χ3n) is 3.44. The van der Waals surface area contributed by atoms with E-state index in [0.717, 1.165) is 0 Å². The SMILES string of the molecule is COc1cc(S(=O)(=O)NCCc2ccccc2F)ccc1NC(C)=O. The Bertz CT molecular complexity index is 869. The second kappa shape index (κ2) is 8.09. The molecule has 0 aliphatic heterocycles. The number of rotatable bonds is 7. The van der Waals surface area contributed by atoms with Crippen molar-refractivity contribution >= 4 is 21.6 Å². The lowest BCUT2D eigenvalue weighted by Crippen LogP contribution is -2.26. The molecule has 0 radical (unpaired) electrons. The Morgan fingerprint density at radius 1 is 1.20 bits per heavy atom. The van der Waals surface area contributed by atoms with Gasteiger partial charge in [-0.2, -0.15) is 0 Å². The molecular formula is C17H19FN2O4S. The molecule has 0 bridgehead atoms. The van der Waals surface area contributed by atoms with Crippen LogP contribution in [0.15, 0.2) is 47.4 Å². The zero-order chi connectivity index (χ0) is 18.4. The number of anilines is 1. The summed E-state index contributed by atoms with van der Waals surface area (Å²) in [6.07, 6.45) is 0.229. The van der Waals surface area contributed by atoms with Crippen molar-refractivity contribution in [2.24, 2.45) is 0 Å². The van der Waals surface area contributed by atoms with Gasteiger partial charge in [-0.05, 0) is 30.2 Å². The number of benzene rings is 2. The van der Waals surface area contributed by atoms with E-state index in [9.17, 15) is 17.6 Å². The molecule has 0 saturated heterocycles. The van der Waals surface area contributed by atoms with Crippen molar-refractivity contribution in [2.75, 3.05) is 19.0 Å². The van der Waals surface area contributed by atoms with Gasteiger partial charge >= 0.3 is 0 Å². The molecule has 0 aliphatic carbocycles. The first-order valence-corrected chi connectivity index (χ1v) is 9.00. The molecule has 2 aromatic carbocycles. The van der Waals surface area contributed by atoms with Crippen LogP contribution in [0.1, 0.15) is 12.5 Å². The number of methoxy groups -OCH3 is 1. The number of halogens is 1. The van der Waals surface area contributed by atoms with Crippen LogP contribution in [0.3, 0.4) is 0 Å². The Balaban J connectivity index is 2.11. The molecule has 134 valence electrons. The average molecular weight is 366 g/mol. The predicted molar refractivity (Wildman–Crippen MR) is 92.6 cm³/mol. The first-order chi connectivity index (χ1) is 11.8. The predicted octanol–water partition coefficient (Wildman–Crippen LogP) is 2.31. The van der Waals surface area contributed by atoms with Crippen LogP contribution in [-0.4, -0.2) is 28.0 Å². The van der Waals surface area contributed by atoms with E-state index in [2.05, 4.69) is 10.0 Å². The average Bonchev–Trinajstić information content (AvgIpc) is 2.56. The van der Waals surface area contributed by atoms with Gasteiger partial charge in [0.05, 0.1) is 17.7 Å². The second-order valence-electron chi connectivity index (χ2n) is 5.28. The van der Waals surface area contributed by atoms with Gasteiger partial charge in [0.2, 0.25) is 15.9 Å². The van der Waals surface area contributed by atoms with Crippen LogP contribution >= 0.6 is 0 Å². The maximum absolute atomic E-state index is 13.6. The number of nitrogens with one attached hydrogen (secondary N) is 2. The number of carbonyl (C=O) groups excluding carboxylic acids is 1. The Kier molecular flexibility index (Phi) is 6.11. The minimum atomic E-state index is -3.79. The summed E-state index contributed by atoms with van der Waals surface area (Å²) in [6.45, 7) is 1.40. The van der Waals surface area contributed by atoms with Gasteiger partial charge in [-0.15, -0.1) is 0 Å². The van der Waals surface area contributed by atoms with Crippen LogP contribution in [-0.2, 0) is 21.2 Å².